The van der Waals surface area contributed by atoms with Crippen LogP contribution in [-0.2, 0) is 9.53 Å². The van der Waals surface area contributed by atoms with Crippen LogP contribution in [0.3, 0.4) is 0 Å². The second-order valence-electron chi connectivity index (χ2n) is 6.34. The zero-order valence-electron chi connectivity index (χ0n) is 15.3. The second-order valence-corrected chi connectivity index (χ2v) is 6.34. The molecular formula is C23H28O2. The Hall–Kier alpha value is -2.35. The zero-order chi connectivity index (χ0) is 17.9. The molecule has 25 heavy (non-hydrogen) atoms. The third-order valence-corrected chi connectivity index (χ3v) is 4.44. The molecule has 2 nitrogen and oxygen atoms in total. The first-order valence-electron chi connectivity index (χ1n) is 9.23. The van der Waals surface area contributed by atoms with E-state index in [0.29, 0.717) is 12.5 Å². The van der Waals surface area contributed by atoms with E-state index in [1.54, 1.807) is 6.08 Å². The van der Waals surface area contributed by atoms with Crippen LogP contribution in [0, 0.1) is 5.92 Å². The molecule has 0 aliphatic heterocycles. The van der Waals surface area contributed by atoms with Gasteiger partial charge in [-0.3, -0.25) is 0 Å². The lowest BCUT2D eigenvalue weighted by Crippen LogP contribution is -2.12. The maximum atomic E-state index is 12.4. The number of benzene rings is 2. The maximum absolute atomic E-state index is 12.4. The standard InChI is InChI=1S/C23H28O2/c1-3-5-12-19(4-2)18-25-23(24)17-22(20-13-8-6-9-14-20)21-15-10-7-11-16-21/h6-11,13-17,19H,3-5,12,18H2,1-2H3. The average molecular weight is 336 g/mol. The third kappa shape index (κ3) is 6.22. The van der Waals surface area contributed by atoms with Gasteiger partial charge in [-0.05, 0) is 29.0 Å². The van der Waals surface area contributed by atoms with E-state index < -0.39 is 0 Å². The molecule has 132 valence electrons. The van der Waals surface area contributed by atoms with Crippen molar-refractivity contribution in [3.05, 3.63) is 77.9 Å². The molecule has 0 saturated heterocycles. The van der Waals surface area contributed by atoms with Gasteiger partial charge < -0.3 is 4.74 Å². The Kier molecular flexibility index (Phi) is 7.97. The summed E-state index contributed by atoms with van der Waals surface area (Å²) < 4.78 is 5.55. The van der Waals surface area contributed by atoms with Crippen molar-refractivity contribution in [2.24, 2.45) is 5.92 Å². The van der Waals surface area contributed by atoms with Crippen LogP contribution >= 0.6 is 0 Å². The summed E-state index contributed by atoms with van der Waals surface area (Å²) in [5.74, 6) is 0.187. The van der Waals surface area contributed by atoms with Crippen molar-refractivity contribution < 1.29 is 9.53 Å². The van der Waals surface area contributed by atoms with E-state index in [4.69, 9.17) is 4.74 Å². The lowest BCUT2D eigenvalue weighted by molar-refractivity contribution is -0.139. The number of rotatable bonds is 9. The first kappa shape index (κ1) is 19.0. The van der Waals surface area contributed by atoms with Crippen LogP contribution < -0.4 is 0 Å². The molecule has 0 bridgehead atoms. The second kappa shape index (κ2) is 10.5. The highest BCUT2D eigenvalue weighted by molar-refractivity contribution is 5.96. The highest BCUT2D eigenvalue weighted by Gasteiger charge is 2.11. The summed E-state index contributed by atoms with van der Waals surface area (Å²) in [4.78, 5) is 12.4. The van der Waals surface area contributed by atoms with E-state index in [9.17, 15) is 4.79 Å². The van der Waals surface area contributed by atoms with E-state index >= 15 is 0 Å². The van der Waals surface area contributed by atoms with Crippen LogP contribution in [0.2, 0.25) is 0 Å². The van der Waals surface area contributed by atoms with Crippen molar-refractivity contribution in [1.82, 2.24) is 0 Å². The Morgan fingerprint density at radius 2 is 1.52 bits per heavy atom. The molecule has 0 aromatic heterocycles. The first-order valence-corrected chi connectivity index (χ1v) is 9.23. The molecule has 2 aromatic rings. The van der Waals surface area contributed by atoms with Gasteiger partial charge in [0.15, 0.2) is 0 Å². The number of carbonyl (C=O) groups excluding carboxylic acids is 1. The normalized spacial score (nSPS) is 11.6. The number of ether oxygens (including phenoxy) is 1. The molecule has 0 radical (unpaired) electrons. The topological polar surface area (TPSA) is 26.3 Å². The van der Waals surface area contributed by atoms with Crippen LogP contribution in [0.25, 0.3) is 5.57 Å². The molecule has 0 N–H and O–H groups in total. The molecule has 1 atom stereocenters. The maximum Gasteiger partial charge on any atom is 0.331 e. The van der Waals surface area contributed by atoms with Crippen molar-refractivity contribution in [2.75, 3.05) is 6.61 Å². The highest BCUT2D eigenvalue weighted by Crippen LogP contribution is 2.23. The van der Waals surface area contributed by atoms with Gasteiger partial charge in [-0.1, -0.05) is 93.8 Å². The van der Waals surface area contributed by atoms with Crippen molar-refractivity contribution >= 4 is 11.5 Å². The molecule has 2 aromatic carbocycles. The average Bonchev–Trinajstić information content (AvgIpc) is 2.67. The van der Waals surface area contributed by atoms with Crippen molar-refractivity contribution in [2.45, 2.75) is 39.5 Å². The molecule has 0 saturated carbocycles. The van der Waals surface area contributed by atoms with Crippen LogP contribution in [0.15, 0.2) is 66.7 Å². The van der Waals surface area contributed by atoms with Crippen LogP contribution in [0.4, 0.5) is 0 Å². The van der Waals surface area contributed by atoms with Gasteiger partial charge in [0.2, 0.25) is 0 Å². The fourth-order valence-electron chi connectivity index (χ4n) is 2.83. The molecule has 0 spiro atoms. The Morgan fingerprint density at radius 3 is 2.00 bits per heavy atom. The van der Waals surface area contributed by atoms with E-state index in [2.05, 4.69) is 13.8 Å². The van der Waals surface area contributed by atoms with E-state index in [1.165, 1.54) is 12.8 Å². The van der Waals surface area contributed by atoms with Gasteiger partial charge in [-0.2, -0.15) is 0 Å². The van der Waals surface area contributed by atoms with Gasteiger partial charge >= 0.3 is 5.97 Å². The smallest absolute Gasteiger partial charge is 0.331 e. The van der Waals surface area contributed by atoms with Crippen molar-refractivity contribution in [3.63, 3.8) is 0 Å². The summed E-state index contributed by atoms with van der Waals surface area (Å²) in [6.45, 7) is 4.85. The Morgan fingerprint density at radius 1 is 0.960 bits per heavy atom. The molecule has 2 heteroatoms. The zero-order valence-corrected chi connectivity index (χ0v) is 15.3. The molecule has 2 rings (SSSR count). The predicted molar refractivity (Wildman–Crippen MR) is 104 cm³/mol. The number of esters is 1. The Bertz CT molecular complexity index is 618. The molecular weight excluding hydrogens is 308 g/mol. The fourth-order valence-corrected chi connectivity index (χ4v) is 2.83. The predicted octanol–water partition coefficient (Wildman–Crippen LogP) is 5.88. The fraction of sp³-hybridized carbons (Fsp3) is 0.348. The van der Waals surface area contributed by atoms with Gasteiger partial charge in [0.05, 0.1) is 6.61 Å². The minimum Gasteiger partial charge on any atom is -0.462 e. The first-order chi connectivity index (χ1) is 12.2. The van der Waals surface area contributed by atoms with Gasteiger partial charge in [0.25, 0.3) is 0 Å². The molecule has 0 fully saturated rings. The van der Waals surface area contributed by atoms with Crippen LogP contribution in [-0.4, -0.2) is 12.6 Å². The highest BCUT2D eigenvalue weighted by atomic mass is 16.5. The Balaban J connectivity index is 2.13. The quantitative estimate of drug-likeness (QED) is 0.422. The molecule has 0 aliphatic rings. The summed E-state index contributed by atoms with van der Waals surface area (Å²) in [6.07, 6.45) is 6.15. The van der Waals surface area contributed by atoms with Gasteiger partial charge in [0, 0.05) is 6.08 Å². The summed E-state index contributed by atoms with van der Waals surface area (Å²) in [7, 11) is 0. The summed E-state index contributed by atoms with van der Waals surface area (Å²) in [5.41, 5.74) is 2.93. The summed E-state index contributed by atoms with van der Waals surface area (Å²) in [5, 5.41) is 0. The van der Waals surface area contributed by atoms with Gasteiger partial charge in [-0.15, -0.1) is 0 Å². The molecule has 1 unspecified atom stereocenters. The van der Waals surface area contributed by atoms with Gasteiger partial charge in [0.1, 0.15) is 0 Å². The van der Waals surface area contributed by atoms with E-state index in [1.807, 2.05) is 60.7 Å². The minimum atomic E-state index is -0.266. The monoisotopic (exact) mass is 336 g/mol. The summed E-state index contributed by atoms with van der Waals surface area (Å²) >= 11 is 0. The number of hydrogen-bond acceptors (Lipinski definition) is 2. The van der Waals surface area contributed by atoms with Crippen molar-refractivity contribution in [3.8, 4) is 0 Å². The van der Waals surface area contributed by atoms with E-state index in [0.717, 1.165) is 29.5 Å². The van der Waals surface area contributed by atoms with Crippen molar-refractivity contribution in [1.29, 1.82) is 0 Å². The van der Waals surface area contributed by atoms with E-state index in [-0.39, 0.29) is 5.97 Å². The minimum absolute atomic E-state index is 0.266. The van der Waals surface area contributed by atoms with Gasteiger partial charge in [-0.25, -0.2) is 4.79 Å². The summed E-state index contributed by atoms with van der Waals surface area (Å²) in [6, 6.07) is 19.9. The van der Waals surface area contributed by atoms with Crippen LogP contribution in [0.1, 0.15) is 50.7 Å². The number of carbonyl (C=O) groups is 1. The SMILES string of the molecule is CCCCC(CC)COC(=O)C=C(c1ccccc1)c1ccccc1. The third-order valence-electron chi connectivity index (χ3n) is 4.44. The molecule has 0 aliphatic carbocycles. The number of unbranched alkanes of at least 4 members (excludes halogenated alkanes) is 1. The lowest BCUT2D eigenvalue weighted by atomic mass is 9.97. The molecule has 0 amide bonds. The number of hydrogen-bond donors (Lipinski definition) is 0. The largest absolute Gasteiger partial charge is 0.462 e. The Labute approximate surface area is 151 Å². The molecule has 0 heterocycles. The lowest BCUT2D eigenvalue weighted by Gasteiger charge is -2.14. The van der Waals surface area contributed by atoms with Crippen LogP contribution in [0.5, 0.6) is 0 Å².